The van der Waals surface area contributed by atoms with Crippen LogP contribution >= 0.6 is 0 Å². The van der Waals surface area contributed by atoms with Crippen LogP contribution in [0, 0.1) is 0 Å². The first kappa shape index (κ1) is 29.6. The van der Waals surface area contributed by atoms with E-state index in [1.165, 1.54) is 48.3 Å². The minimum Gasteiger partial charge on any atom is -0.317 e. The predicted octanol–water partition coefficient (Wildman–Crippen LogP) is 4.66. The molecule has 0 atom stereocenters. The number of nitrogens with zero attached hydrogens (tertiary/aromatic N) is 2. The van der Waals surface area contributed by atoms with Crippen molar-refractivity contribution in [2.24, 2.45) is 0 Å². The van der Waals surface area contributed by atoms with Crippen molar-refractivity contribution in [1.29, 1.82) is 0 Å². The van der Waals surface area contributed by atoms with Crippen LogP contribution in [0.1, 0.15) is 106 Å². The topological polar surface area (TPSA) is 98.8 Å². The van der Waals surface area contributed by atoms with Crippen LogP contribution in [0.2, 0.25) is 0 Å². The summed E-state index contributed by atoms with van der Waals surface area (Å²) in [5.41, 5.74) is 2.08. The second kappa shape index (κ2) is 15.4. The molecule has 0 saturated heterocycles. The van der Waals surface area contributed by atoms with Crippen LogP contribution in [0.15, 0.2) is 48.5 Å². The molecular weight excluding hydrogens is 504 g/mol. The first-order valence-corrected chi connectivity index (χ1v) is 14.9. The molecule has 0 unspecified atom stereocenters. The smallest absolute Gasteiger partial charge is 0.261 e. The van der Waals surface area contributed by atoms with Crippen LogP contribution in [-0.2, 0) is 0 Å². The van der Waals surface area contributed by atoms with Gasteiger partial charge in [-0.2, -0.15) is 0 Å². The summed E-state index contributed by atoms with van der Waals surface area (Å²) in [4.78, 5) is 52.2. The Kier molecular flexibility index (Phi) is 11.4. The summed E-state index contributed by atoms with van der Waals surface area (Å²) in [6, 6.07) is 14.1. The van der Waals surface area contributed by atoms with Gasteiger partial charge in [0, 0.05) is 13.1 Å². The standard InChI is InChI=1S/C32H42N4O4/c37-29-25-15-7-8-16-26(25)30(38)35(29)23-13-21-33-19-11-5-3-1-2-4-6-12-20-34-22-14-24-36-31(39)27-17-9-10-18-28(27)32(36)40/h7-10,15-18,33-34H,1-6,11-14,19-24H2. The van der Waals surface area contributed by atoms with Gasteiger partial charge in [-0.05, 0) is 76.1 Å². The summed E-state index contributed by atoms with van der Waals surface area (Å²) in [6.07, 6.45) is 11.3. The van der Waals surface area contributed by atoms with E-state index in [4.69, 9.17) is 0 Å². The van der Waals surface area contributed by atoms with Gasteiger partial charge < -0.3 is 10.6 Å². The van der Waals surface area contributed by atoms with Crippen LogP contribution in [0.3, 0.4) is 0 Å². The molecule has 0 spiro atoms. The highest BCUT2D eigenvalue weighted by atomic mass is 16.2. The van der Waals surface area contributed by atoms with E-state index < -0.39 is 0 Å². The Balaban J connectivity index is 0.891. The third kappa shape index (κ3) is 7.64. The minimum atomic E-state index is -0.172. The van der Waals surface area contributed by atoms with Gasteiger partial charge in [-0.1, -0.05) is 62.8 Å². The first-order chi connectivity index (χ1) is 19.6. The number of unbranched alkanes of at least 4 members (excludes halogenated alkanes) is 7. The Morgan fingerprint density at radius 2 is 0.675 bits per heavy atom. The highest BCUT2D eigenvalue weighted by Crippen LogP contribution is 2.23. The van der Waals surface area contributed by atoms with Crippen molar-refractivity contribution in [3.63, 3.8) is 0 Å². The molecule has 4 rings (SSSR count). The summed E-state index contributed by atoms with van der Waals surface area (Å²) in [7, 11) is 0. The molecule has 2 aliphatic heterocycles. The molecule has 2 heterocycles. The Hall–Kier alpha value is -3.36. The molecule has 0 aromatic heterocycles. The van der Waals surface area contributed by atoms with Crippen LogP contribution in [-0.4, -0.2) is 72.7 Å². The fourth-order valence-corrected chi connectivity index (χ4v) is 5.42. The lowest BCUT2D eigenvalue weighted by Crippen LogP contribution is -2.32. The zero-order chi connectivity index (χ0) is 28.2. The lowest BCUT2D eigenvalue weighted by molar-refractivity contribution is 0.0637. The second-order valence-corrected chi connectivity index (χ2v) is 10.7. The van der Waals surface area contributed by atoms with Gasteiger partial charge in [-0.3, -0.25) is 29.0 Å². The summed E-state index contributed by atoms with van der Waals surface area (Å²) in [5.74, 6) is -0.688. The number of carbonyl (C=O) groups excluding carboxylic acids is 4. The van der Waals surface area contributed by atoms with Crippen molar-refractivity contribution in [3.8, 4) is 0 Å². The number of rotatable bonds is 19. The molecule has 40 heavy (non-hydrogen) atoms. The number of imide groups is 2. The van der Waals surface area contributed by atoms with Gasteiger partial charge in [0.15, 0.2) is 0 Å². The van der Waals surface area contributed by atoms with Crippen molar-refractivity contribution in [1.82, 2.24) is 20.4 Å². The highest BCUT2D eigenvalue weighted by Gasteiger charge is 2.35. The second-order valence-electron chi connectivity index (χ2n) is 10.7. The van der Waals surface area contributed by atoms with Gasteiger partial charge >= 0.3 is 0 Å². The predicted molar refractivity (Wildman–Crippen MR) is 156 cm³/mol. The van der Waals surface area contributed by atoms with Gasteiger partial charge in [0.2, 0.25) is 0 Å². The normalized spacial score (nSPS) is 14.4. The van der Waals surface area contributed by atoms with Crippen LogP contribution in [0.25, 0.3) is 0 Å². The first-order valence-electron chi connectivity index (χ1n) is 14.9. The Labute approximate surface area is 237 Å². The van der Waals surface area contributed by atoms with Crippen LogP contribution in [0.5, 0.6) is 0 Å². The molecule has 8 heteroatoms. The number of nitrogens with one attached hydrogen (secondary N) is 2. The quantitative estimate of drug-likeness (QED) is 0.196. The average Bonchev–Trinajstić information content (AvgIpc) is 3.36. The van der Waals surface area contributed by atoms with Crippen molar-refractivity contribution in [2.75, 3.05) is 39.3 Å². The summed E-state index contributed by atoms with van der Waals surface area (Å²) in [6.45, 7) is 4.49. The molecule has 4 amide bonds. The number of hydrogen-bond donors (Lipinski definition) is 2. The van der Waals surface area contributed by atoms with Crippen LogP contribution in [0.4, 0.5) is 0 Å². The number of benzene rings is 2. The molecule has 2 N–H and O–H groups in total. The van der Waals surface area contributed by atoms with Gasteiger partial charge in [0.05, 0.1) is 22.3 Å². The molecule has 2 aliphatic rings. The van der Waals surface area contributed by atoms with E-state index in [1.807, 2.05) is 0 Å². The van der Waals surface area contributed by atoms with Crippen molar-refractivity contribution < 1.29 is 19.2 Å². The highest BCUT2D eigenvalue weighted by molar-refractivity contribution is 6.22. The van der Waals surface area contributed by atoms with E-state index in [9.17, 15) is 19.2 Å². The van der Waals surface area contributed by atoms with Crippen molar-refractivity contribution in [3.05, 3.63) is 70.8 Å². The molecule has 0 saturated carbocycles. The summed E-state index contributed by atoms with van der Waals surface area (Å²) >= 11 is 0. The maximum absolute atomic E-state index is 12.4. The molecule has 0 aliphatic carbocycles. The van der Waals surface area contributed by atoms with Gasteiger partial charge in [0.1, 0.15) is 0 Å². The SMILES string of the molecule is O=C1c2ccccc2C(=O)N1CCCNCCCCCCCCCCNCCCN1C(=O)c2ccccc2C1=O. The molecule has 2 aromatic rings. The van der Waals surface area contributed by atoms with E-state index in [-0.39, 0.29) is 23.6 Å². The zero-order valence-electron chi connectivity index (χ0n) is 23.5. The summed E-state index contributed by atoms with van der Waals surface area (Å²) < 4.78 is 0. The average molecular weight is 547 g/mol. The van der Waals surface area contributed by atoms with E-state index in [1.54, 1.807) is 48.5 Å². The largest absolute Gasteiger partial charge is 0.317 e. The van der Waals surface area contributed by atoms with E-state index in [2.05, 4.69) is 10.6 Å². The monoisotopic (exact) mass is 546 g/mol. The number of carbonyl (C=O) groups is 4. The Bertz CT molecular complexity index is 1020. The van der Waals surface area contributed by atoms with Crippen molar-refractivity contribution >= 4 is 23.6 Å². The molecule has 0 radical (unpaired) electrons. The Morgan fingerprint density at radius 1 is 0.400 bits per heavy atom. The van der Waals surface area contributed by atoms with E-state index >= 15 is 0 Å². The molecule has 2 aromatic carbocycles. The number of hydrogen-bond acceptors (Lipinski definition) is 6. The van der Waals surface area contributed by atoms with Crippen LogP contribution < -0.4 is 10.6 Å². The minimum absolute atomic E-state index is 0.172. The van der Waals surface area contributed by atoms with Gasteiger partial charge in [0.25, 0.3) is 23.6 Å². The summed E-state index contributed by atoms with van der Waals surface area (Å²) in [5, 5.41) is 6.86. The fraction of sp³-hybridized carbons (Fsp3) is 0.500. The van der Waals surface area contributed by atoms with E-state index in [0.29, 0.717) is 35.3 Å². The third-order valence-corrected chi connectivity index (χ3v) is 7.68. The molecular formula is C32H42N4O4. The molecule has 0 fully saturated rings. The van der Waals surface area contributed by atoms with Crippen molar-refractivity contribution in [2.45, 2.75) is 64.2 Å². The maximum Gasteiger partial charge on any atom is 0.261 e. The number of fused-ring (bicyclic) bond motifs is 2. The lowest BCUT2D eigenvalue weighted by Gasteiger charge is -2.14. The molecule has 214 valence electrons. The fourth-order valence-electron chi connectivity index (χ4n) is 5.42. The Morgan fingerprint density at radius 3 is 1.00 bits per heavy atom. The lowest BCUT2D eigenvalue weighted by atomic mass is 10.1. The molecule has 8 nitrogen and oxygen atoms in total. The third-order valence-electron chi connectivity index (χ3n) is 7.68. The van der Waals surface area contributed by atoms with E-state index in [0.717, 1.165) is 51.9 Å². The molecule has 0 bridgehead atoms. The van der Waals surface area contributed by atoms with Gasteiger partial charge in [-0.25, -0.2) is 0 Å². The van der Waals surface area contributed by atoms with Gasteiger partial charge in [-0.15, -0.1) is 0 Å². The number of amides is 4. The maximum atomic E-state index is 12.4. The zero-order valence-corrected chi connectivity index (χ0v) is 23.5.